The van der Waals surface area contributed by atoms with Gasteiger partial charge in [-0.1, -0.05) is 139 Å². The number of hydrogen-bond donors (Lipinski definition) is 1. The lowest BCUT2D eigenvalue weighted by Crippen LogP contribution is -2.29. The molecule has 0 amide bonds. The summed E-state index contributed by atoms with van der Waals surface area (Å²) in [5.74, 6) is -1.13. The van der Waals surface area contributed by atoms with E-state index >= 15 is 0 Å². The SMILES string of the molecule is CC/C=C/CCCCCCCCC/C=C\C=C\C(=O)O[C@H](COC(=O)CCCC/C=C\C=C\CCCCCCCCC)COP(=O)(O)O/C=C\[N+](C)(C)C. The molecule has 0 aliphatic heterocycles. The third-order valence-corrected chi connectivity index (χ3v) is 9.18. The van der Waals surface area contributed by atoms with Crippen LogP contribution in [0.1, 0.15) is 155 Å². The van der Waals surface area contributed by atoms with Crippen molar-refractivity contribution in [1.82, 2.24) is 0 Å². The van der Waals surface area contributed by atoms with Gasteiger partial charge in [-0.3, -0.25) is 14.2 Å². The van der Waals surface area contributed by atoms with Gasteiger partial charge in [0.25, 0.3) is 0 Å². The van der Waals surface area contributed by atoms with Crippen molar-refractivity contribution in [2.24, 2.45) is 0 Å². The maximum absolute atomic E-state index is 12.5. The smallest absolute Gasteiger partial charge is 0.462 e. The van der Waals surface area contributed by atoms with Crippen LogP contribution in [0.4, 0.5) is 0 Å². The number of carbonyl (C=O) groups is 2. The zero-order chi connectivity index (χ0) is 40.0. The summed E-state index contributed by atoms with van der Waals surface area (Å²) in [5, 5.41) is 0. The minimum Gasteiger partial charge on any atom is -0.462 e. The molecule has 1 unspecified atom stereocenters. The van der Waals surface area contributed by atoms with E-state index in [4.69, 9.17) is 18.5 Å². The molecule has 0 aromatic heterocycles. The Bertz CT molecular complexity index is 1150. The van der Waals surface area contributed by atoms with Gasteiger partial charge in [-0.2, -0.15) is 0 Å². The number of phosphoric ester groups is 1. The first-order valence-corrected chi connectivity index (χ1v) is 22.3. The van der Waals surface area contributed by atoms with Gasteiger partial charge in [0.1, 0.15) is 25.7 Å². The first-order chi connectivity index (χ1) is 26.0. The highest BCUT2D eigenvalue weighted by Crippen LogP contribution is 2.43. The molecule has 54 heavy (non-hydrogen) atoms. The van der Waals surface area contributed by atoms with Crippen molar-refractivity contribution in [3.05, 3.63) is 73.2 Å². The highest BCUT2D eigenvalue weighted by Gasteiger charge is 2.26. The largest absolute Gasteiger partial charge is 0.527 e. The summed E-state index contributed by atoms with van der Waals surface area (Å²) in [6.45, 7) is 3.59. The standard InChI is InChI=1S/C44H76NO8P/c1-6-8-10-12-14-16-18-20-22-24-26-28-30-32-34-36-43(46)50-40-42(41-52-54(48,49)51-39-38-45(3,4)5)53-44(47)37-35-33-31-29-27-25-23-21-19-17-15-13-11-9-7-2/h9,11,22,24,26,28,31,33,35,37-39,42H,6-8,10,12-21,23,25,27,29-30,32,34,36,40-41H2,1-5H3/p+1/b11-9+,24-22+,28-26-,33-31-,37-35+,39-38-/t42-/m1/s1. The lowest BCUT2D eigenvalue weighted by Gasteiger charge is -2.19. The van der Waals surface area contributed by atoms with Gasteiger partial charge in [0, 0.05) is 12.5 Å². The molecular formula is C44H77NO8P+. The fourth-order valence-corrected chi connectivity index (χ4v) is 5.80. The summed E-state index contributed by atoms with van der Waals surface area (Å²) >= 11 is 0. The molecular weight excluding hydrogens is 701 g/mol. The number of phosphoric acid groups is 1. The minimum absolute atomic E-state index is 0.211. The molecule has 0 spiro atoms. The van der Waals surface area contributed by atoms with Gasteiger partial charge in [-0.25, -0.2) is 9.36 Å². The number of unbranched alkanes of at least 4 members (excludes halogenated alkanes) is 17. The molecule has 0 radical (unpaired) electrons. The molecule has 0 aliphatic rings. The van der Waals surface area contributed by atoms with Gasteiger partial charge >= 0.3 is 19.8 Å². The molecule has 0 bridgehead atoms. The molecule has 10 heteroatoms. The van der Waals surface area contributed by atoms with Crippen LogP contribution >= 0.6 is 7.82 Å². The van der Waals surface area contributed by atoms with Crippen molar-refractivity contribution in [1.29, 1.82) is 0 Å². The maximum Gasteiger partial charge on any atom is 0.527 e. The second-order valence-corrected chi connectivity index (χ2v) is 16.2. The van der Waals surface area contributed by atoms with E-state index in [0.29, 0.717) is 10.9 Å². The predicted molar refractivity (Wildman–Crippen MR) is 223 cm³/mol. The van der Waals surface area contributed by atoms with Gasteiger partial charge in [0.2, 0.25) is 0 Å². The molecule has 9 nitrogen and oxygen atoms in total. The highest BCUT2D eigenvalue weighted by atomic mass is 31.2. The lowest BCUT2D eigenvalue weighted by molar-refractivity contribution is -0.817. The third kappa shape index (κ3) is 39.0. The van der Waals surface area contributed by atoms with Crippen molar-refractivity contribution in [3.63, 3.8) is 0 Å². The van der Waals surface area contributed by atoms with Gasteiger partial charge in [-0.15, -0.1) is 0 Å². The predicted octanol–water partition coefficient (Wildman–Crippen LogP) is 12.2. The number of ether oxygens (including phenoxy) is 2. The summed E-state index contributed by atoms with van der Waals surface area (Å²) in [4.78, 5) is 35.1. The quantitative estimate of drug-likeness (QED) is 0.00979. The molecule has 1 N–H and O–H groups in total. The van der Waals surface area contributed by atoms with Crippen molar-refractivity contribution in [2.45, 2.75) is 161 Å². The Morgan fingerprint density at radius 2 is 1.15 bits per heavy atom. The molecule has 0 rings (SSSR count). The Morgan fingerprint density at radius 1 is 0.648 bits per heavy atom. The monoisotopic (exact) mass is 779 g/mol. The molecule has 0 saturated carbocycles. The number of quaternary nitrogens is 1. The van der Waals surface area contributed by atoms with E-state index in [1.165, 1.54) is 96.0 Å². The van der Waals surface area contributed by atoms with Crippen LogP contribution in [0.2, 0.25) is 0 Å². The van der Waals surface area contributed by atoms with Crippen LogP contribution in [0.3, 0.4) is 0 Å². The normalized spacial score (nSPS) is 14.3. The van der Waals surface area contributed by atoms with Crippen LogP contribution in [0.25, 0.3) is 0 Å². The highest BCUT2D eigenvalue weighted by molar-refractivity contribution is 7.47. The molecule has 310 valence electrons. The Labute approximate surface area is 329 Å². The average molecular weight is 779 g/mol. The Hall–Kier alpha value is -2.71. The van der Waals surface area contributed by atoms with Crippen molar-refractivity contribution < 1.29 is 42.1 Å². The number of hydrogen-bond acceptors (Lipinski definition) is 7. The van der Waals surface area contributed by atoms with Crippen LogP contribution in [-0.2, 0) is 32.7 Å². The van der Waals surface area contributed by atoms with E-state index in [0.717, 1.165) is 44.8 Å². The van der Waals surface area contributed by atoms with E-state index in [9.17, 15) is 19.0 Å². The zero-order valence-corrected chi connectivity index (χ0v) is 35.6. The number of rotatable bonds is 36. The molecule has 0 aliphatic carbocycles. The van der Waals surface area contributed by atoms with Gasteiger partial charge in [-0.05, 0) is 64.2 Å². The Kier molecular flexibility index (Phi) is 34.2. The molecule has 0 saturated heterocycles. The van der Waals surface area contributed by atoms with Gasteiger partial charge in [0.15, 0.2) is 6.10 Å². The van der Waals surface area contributed by atoms with Crippen molar-refractivity contribution >= 4 is 19.8 Å². The van der Waals surface area contributed by atoms with E-state index in [2.05, 4.69) is 50.3 Å². The summed E-state index contributed by atoms with van der Waals surface area (Å²) in [6, 6.07) is 0. The van der Waals surface area contributed by atoms with Crippen LogP contribution in [0, 0.1) is 0 Å². The van der Waals surface area contributed by atoms with Gasteiger partial charge < -0.3 is 18.5 Å². The second-order valence-electron chi connectivity index (χ2n) is 14.7. The molecule has 0 fully saturated rings. The average Bonchev–Trinajstić information content (AvgIpc) is 3.12. The zero-order valence-electron chi connectivity index (χ0n) is 34.7. The van der Waals surface area contributed by atoms with Crippen LogP contribution in [-0.4, -0.2) is 61.8 Å². The molecule has 0 aromatic carbocycles. The van der Waals surface area contributed by atoms with E-state index in [1.807, 2.05) is 27.2 Å². The lowest BCUT2D eigenvalue weighted by atomic mass is 10.1. The fraction of sp³-hybridized carbons (Fsp3) is 0.682. The molecule has 0 aromatic rings. The van der Waals surface area contributed by atoms with E-state index in [-0.39, 0.29) is 13.0 Å². The van der Waals surface area contributed by atoms with E-state index < -0.39 is 32.5 Å². The van der Waals surface area contributed by atoms with Crippen LogP contribution in [0.15, 0.2) is 73.2 Å². The Balaban J connectivity index is 4.59. The number of allylic oxidation sites excluding steroid dienone is 9. The summed E-state index contributed by atoms with van der Waals surface area (Å²) in [6.07, 6.45) is 45.9. The fourth-order valence-electron chi connectivity index (χ4n) is 5.17. The van der Waals surface area contributed by atoms with Crippen molar-refractivity contribution in [3.8, 4) is 0 Å². The number of carbonyl (C=O) groups excluding carboxylic acids is 2. The van der Waals surface area contributed by atoms with Crippen molar-refractivity contribution in [2.75, 3.05) is 34.4 Å². The van der Waals surface area contributed by atoms with E-state index in [1.54, 1.807) is 18.4 Å². The third-order valence-electron chi connectivity index (χ3n) is 8.32. The molecule has 0 heterocycles. The number of nitrogens with zero attached hydrogens (tertiary/aromatic N) is 1. The topological polar surface area (TPSA) is 108 Å². The van der Waals surface area contributed by atoms with Crippen LogP contribution < -0.4 is 0 Å². The maximum atomic E-state index is 12.5. The number of esters is 2. The first kappa shape index (κ1) is 51.3. The summed E-state index contributed by atoms with van der Waals surface area (Å²) < 4.78 is 33.5. The summed E-state index contributed by atoms with van der Waals surface area (Å²) in [5.41, 5.74) is 0. The first-order valence-electron chi connectivity index (χ1n) is 20.8. The van der Waals surface area contributed by atoms with Gasteiger partial charge in [0.05, 0.1) is 21.1 Å². The minimum atomic E-state index is -4.49. The molecule has 2 atom stereocenters. The summed E-state index contributed by atoms with van der Waals surface area (Å²) in [7, 11) is 1.05. The van der Waals surface area contributed by atoms with Crippen LogP contribution in [0.5, 0.6) is 0 Å². The Morgan fingerprint density at radius 3 is 1.69 bits per heavy atom. The second kappa shape index (κ2) is 36.0.